The fourth-order valence-electron chi connectivity index (χ4n) is 4.39. The van der Waals surface area contributed by atoms with E-state index in [1.165, 1.54) is 5.01 Å². The number of aryl methyl sites for hydroxylation is 2. The first kappa shape index (κ1) is 24.2. The van der Waals surface area contributed by atoms with Gasteiger partial charge < -0.3 is 15.0 Å². The molecule has 3 aromatic carbocycles. The number of para-hydroxylation sites is 2. The highest BCUT2D eigenvalue weighted by Gasteiger charge is 2.22. The molecule has 0 unspecified atom stereocenters. The third-order valence-electron chi connectivity index (χ3n) is 6.38. The Morgan fingerprint density at radius 2 is 1.86 bits per heavy atom. The Bertz CT molecular complexity index is 1410. The lowest BCUT2D eigenvalue weighted by atomic mass is 10.0. The van der Waals surface area contributed by atoms with Crippen LogP contribution in [-0.4, -0.2) is 46.2 Å². The number of H-pyrrole nitrogens is 1. The van der Waals surface area contributed by atoms with E-state index in [2.05, 4.69) is 20.4 Å². The van der Waals surface area contributed by atoms with Crippen LogP contribution in [0.2, 0.25) is 0 Å². The summed E-state index contributed by atoms with van der Waals surface area (Å²) >= 11 is 0. The smallest absolute Gasteiger partial charge is 0.243 e. The molecule has 0 spiro atoms. The number of nitrogens with zero attached hydrogens (tertiary/aromatic N) is 3. The van der Waals surface area contributed by atoms with Gasteiger partial charge in [0, 0.05) is 31.4 Å². The standard InChI is InChI=1S/C29H29N5O3/c1-37-23-12-10-21(11-13-23)24-14-16-29(36)34(33-24)18-17-28(35)30-22-6-4-5-20(19-22)9-15-27-31-25-7-2-3-8-26(25)32-27/h2-8,10-13,19H,9,14-18H2,1H3,(H,30,35)(H,31,32). The van der Waals surface area contributed by atoms with Gasteiger partial charge in [0.05, 0.1) is 30.4 Å². The van der Waals surface area contributed by atoms with Crippen molar-refractivity contribution in [2.24, 2.45) is 5.10 Å². The second-order valence-electron chi connectivity index (χ2n) is 8.99. The Labute approximate surface area is 215 Å². The molecule has 1 aliphatic heterocycles. The van der Waals surface area contributed by atoms with Crippen LogP contribution in [0.5, 0.6) is 5.75 Å². The van der Waals surface area contributed by atoms with Crippen molar-refractivity contribution in [1.29, 1.82) is 0 Å². The second kappa shape index (κ2) is 11.1. The number of methoxy groups -OCH3 is 1. The van der Waals surface area contributed by atoms with Gasteiger partial charge in [-0.15, -0.1) is 0 Å². The number of benzene rings is 3. The average Bonchev–Trinajstić information content (AvgIpc) is 3.35. The quantitative estimate of drug-likeness (QED) is 0.351. The molecule has 0 saturated heterocycles. The SMILES string of the molecule is COc1ccc(C2=NN(CCC(=O)Nc3cccc(CCc4nc5ccccc5[nH]4)c3)C(=O)CC2)cc1. The lowest BCUT2D eigenvalue weighted by Gasteiger charge is -2.23. The first-order valence-electron chi connectivity index (χ1n) is 12.4. The van der Waals surface area contributed by atoms with Crippen LogP contribution in [0.1, 0.15) is 36.2 Å². The summed E-state index contributed by atoms with van der Waals surface area (Å²) in [4.78, 5) is 33.0. The van der Waals surface area contributed by atoms with Gasteiger partial charge in [0.1, 0.15) is 11.6 Å². The van der Waals surface area contributed by atoms with Crippen LogP contribution in [0.4, 0.5) is 5.69 Å². The number of aromatic amines is 1. The third kappa shape index (κ3) is 6.03. The predicted molar refractivity (Wildman–Crippen MR) is 144 cm³/mol. The molecule has 1 aromatic heterocycles. The monoisotopic (exact) mass is 495 g/mol. The molecule has 0 aliphatic carbocycles. The minimum atomic E-state index is -0.158. The Balaban J connectivity index is 1.15. The lowest BCUT2D eigenvalue weighted by Crippen LogP contribution is -2.34. The van der Waals surface area contributed by atoms with Crippen molar-refractivity contribution in [2.75, 3.05) is 19.0 Å². The summed E-state index contributed by atoms with van der Waals surface area (Å²) in [5.41, 5.74) is 5.62. The number of carbonyl (C=O) groups is 2. The minimum absolute atomic E-state index is 0.0716. The van der Waals surface area contributed by atoms with E-state index in [1.54, 1.807) is 7.11 Å². The molecule has 0 radical (unpaired) electrons. The fraction of sp³-hybridized carbons (Fsp3) is 0.241. The van der Waals surface area contributed by atoms with Crippen LogP contribution >= 0.6 is 0 Å². The van der Waals surface area contributed by atoms with E-state index in [0.29, 0.717) is 12.8 Å². The van der Waals surface area contributed by atoms with E-state index in [1.807, 2.05) is 72.8 Å². The van der Waals surface area contributed by atoms with Crippen molar-refractivity contribution < 1.29 is 14.3 Å². The predicted octanol–water partition coefficient (Wildman–Crippen LogP) is 4.71. The first-order chi connectivity index (χ1) is 18.1. The highest BCUT2D eigenvalue weighted by atomic mass is 16.5. The maximum atomic E-state index is 12.6. The van der Waals surface area contributed by atoms with Crippen LogP contribution in [0.25, 0.3) is 11.0 Å². The Hall–Kier alpha value is -4.46. The number of fused-ring (bicyclic) bond motifs is 1. The molecule has 37 heavy (non-hydrogen) atoms. The van der Waals surface area contributed by atoms with Crippen molar-refractivity contribution in [3.05, 3.63) is 89.7 Å². The summed E-state index contributed by atoms with van der Waals surface area (Å²) in [5.74, 6) is 1.48. The number of carbonyl (C=O) groups excluding carboxylic acids is 2. The number of aromatic nitrogens is 2. The van der Waals surface area contributed by atoms with Crippen molar-refractivity contribution in [2.45, 2.75) is 32.1 Å². The van der Waals surface area contributed by atoms with Gasteiger partial charge in [-0.25, -0.2) is 9.99 Å². The number of amides is 2. The molecule has 0 bridgehead atoms. The van der Waals surface area contributed by atoms with Crippen molar-refractivity contribution in [3.63, 3.8) is 0 Å². The van der Waals surface area contributed by atoms with Crippen molar-refractivity contribution in [1.82, 2.24) is 15.0 Å². The summed E-state index contributed by atoms with van der Waals surface area (Å²) in [6.45, 7) is 0.232. The number of nitrogens with one attached hydrogen (secondary N) is 2. The van der Waals surface area contributed by atoms with Crippen LogP contribution in [0.15, 0.2) is 77.9 Å². The largest absolute Gasteiger partial charge is 0.497 e. The summed E-state index contributed by atoms with van der Waals surface area (Å²) in [5, 5.41) is 8.88. The number of anilines is 1. The van der Waals surface area contributed by atoms with Gasteiger partial charge in [-0.05, 0) is 66.1 Å². The Kier molecular flexibility index (Phi) is 7.26. The molecule has 1 aliphatic rings. The number of hydrogen-bond donors (Lipinski definition) is 2. The second-order valence-corrected chi connectivity index (χ2v) is 8.99. The zero-order valence-corrected chi connectivity index (χ0v) is 20.7. The van der Waals surface area contributed by atoms with Gasteiger partial charge in [0.15, 0.2) is 0 Å². The molecule has 8 nitrogen and oxygen atoms in total. The number of hydrazone groups is 1. The van der Waals surface area contributed by atoms with Gasteiger partial charge in [-0.1, -0.05) is 24.3 Å². The number of ether oxygens (including phenoxy) is 1. The van der Waals surface area contributed by atoms with Crippen LogP contribution < -0.4 is 10.1 Å². The van der Waals surface area contributed by atoms with Crippen LogP contribution in [-0.2, 0) is 22.4 Å². The van der Waals surface area contributed by atoms with Gasteiger partial charge in [0.2, 0.25) is 11.8 Å². The Morgan fingerprint density at radius 3 is 2.68 bits per heavy atom. The van der Waals surface area contributed by atoms with Gasteiger partial charge >= 0.3 is 0 Å². The van der Waals surface area contributed by atoms with E-state index in [0.717, 1.165) is 58.0 Å². The topological polar surface area (TPSA) is 99.7 Å². The fourth-order valence-corrected chi connectivity index (χ4v) is 4.39. The molecule has 2 heterocycles. The molecule has 0 saturated carbocycles. The van der Waals surface area contributed by atoms with Gasteiger partial charge in [-0.3, -0.25) is 9.59 Å². The number of rotatable bonds is 9. The van der Waals surface area contributed by atoms with Gasteiger partial charge in [-0.2, -0.15) is 5.10 Å². The average molecular weight is 496 g/mol. The number of hydrogen-bond acceptors (Lipinski definition) is 5. The zero-order chi connectivity index (χ0) is 25.6. The highest BCUT2D eigenvalue weighted by molar-refractivity contribution is 6.04. The van der Waals surface area contributed by atoms with E-state index in [9.17, 15) is 9.59 Å². The zero-order valence-electron chi connectivity index (χ0n) is 20.7. The van der Waals surface area contributed by atoms with E-state index < -0.39 is 0 Å². The minimum Gasteiger partial charge on any atom is -0.497 e. The number of imidazole rings is 1. The van der Waals surface area contributed by atoms with E-state index >= 15 is 0 Å². The summed E-state index contributed by atoms with van der Waals surface area (Å²) in [7, 11) is 1.62. The van der Waals surface area contributed by atoms with E-state index in [-0.39, 0.29) is 24.8 Å². The first-order valence-corrected chi connectivity index (χ1v) is 12.4. The van der Waals surface area contributed by atoms with Crippen molar-refractivity contribution >= 4 is 34.2 Å². The summed E-state index contributed by atoms with van der Waals surface area (Å²) in [6.07, 6.45) is 2.69. The Morgan fingerprint density at radius 1 is 1.03 bits per heavy atom. The molecular formula is C29H29N5O3. The van der Waals surface area contributed by atoms with E-state index in [4.69, 9.17) is 4.74 Å². The summed E-state index contributed by atoms with van der Waals surface area (Å²) < 4.78 is 5.21. The molecule has 0 atom stereocenters. The lowest BCUT2D eigenvalue weighted by molar-refractivity contribution is -0.132. The molecule has 2 amide bonds. The summed E-state index contributed by atoms with van der Waals surface area (Å²) in [6, 6.07) is 23.4. The third-order valence-corrected chi connectivity index (χ3v) is 6.38. The van der Waals surface area contributed by atoms with Crippen molar-refractivity contribution in [3.8, 4) is 5.75 Å². The van der Waals surface area contributed by atoms with Gasteiger partial charge in [0.25, 0.3) is 0 Å². The molecule has 4 aromatic rings. The molecule has 0 fully saturated rings. The maximum Gasteiger partial charge on any atom is 0.243 e. The molecule has 5 rings (SSSR count). The normalized spacial score (nSPS) is 13.5. The van der Waals surface area contributed by atoms with Crippen LogP contribution in [0.3, 0.4) is 0 Å². The maximum absolute atomic E-state index is 12.6. The molecule has 188 valence electrons. The highest BCUT2D eigenvalue weighted by Crippen LogP contribution is 2.19. The molecule has 2 N–H and O–H groups in total. The molecular weight excluding hydrogens is 466 g/mol. The van der Waals surface area contributed by atoms with Crippen LogP contribution in [0, 0.1) is 0 Å². The molecule has 8 heteroatoms.